The quantitative estimate of drug-likeness (QED) is 0.499. The van der Waals surface area contributed by atoms with Crippen molar-refractivity contribution in [3.8, 4) is 0 Å². The highest BCUT2D eigenvalue weighted by molar-refractivity contribution is 9.09. The van der Waals surface area contributed by atoms with Gasteiger partial charge in [0.25, 0.3) is 0 Å². The van der Waals surface area contributed by atoms with Gasteiger partial charge in [-0.15, -0.1) is 0 Å². The molecule has 1 fully saturated rings. The Hall–Kier alpha value is -0.840. The minimum absolute atomic E-state index is 0.180. The SMILES string of the molecule is OC(Br)[C@H]1O[C@@H](n2cnc3c(Cl)ncnc32)[C@H](O)[C@@H]1O. The topological polar surface area (TPSA) is 114 Å². The maximum Gasteiger partial charge on any atom is 0.167 e. The summed E-state index contributed by atoms with van der Waals surface area (Å²) in [6.07, 6.45) is -1.74. The number of halogens is 2. The van der Waals surface area contributed by atoms with E-state index in [1.54, 1.807) is 0 Å². The summed E-state index contributed by atoms with van der Waals surface area (Å²) in [5.74, 6) is 0. The van der Waals surface area contributed by atoms with Crippen LogP contribution >= 0.6 is 27.5 Å². The number of nitrogens with zero attached hydrogens (tertiary/aromatic N) is 4. The van der Waals surface area contributed by atoms with Gasteiger partial charge in [0.05, 0.1) is 6.33 Å². The summed E-state index contributed by atoms with van der Waals surface area (Å²) in [5, 5.41) is 28.4. The van der Waals surface area contributed by atoms with Crippen molar-refractivity contribution >= 4 is 38.7 Å². The number of hydrogen-bond donors (Lipinski definition) is 3. The lowest BCUT2D eigenvalue weighted by Gasteiger charge is -2.16. The molecular weight excluding hydrogens is 355 g/mol. The van der Waals surface area contributed by atoms with Crippen molar-refractivity contribution in [1.82, 2.24) is 19.5 Å². The van der Waals surface area contributed by atoms with Gasteiger partial charge in [-0.25, -0.2) is 15.0 Å². The van der Waals surface area contributed by atoms with Gasteiger partial charge >= 0.3 is 0 Å². The van der Waals surface area contributed by atoms with Crippen LogP contribution in [0.3, 0.4) is 0 Å². The van der Waals surface area contributed by atoms with Crippen LogP contribution in [0.2, 0.25) is 5.15 Å². The van der Waals surface area contributed by atoms with Gasteiger partial charge in [-0.2, -0.15) is 0 Å². The van der Waals surface area contributed by atoms with Crippen LogP contribution in [0.25, 0.3) is 11.2 Å². The Kier molecular flexibility index (Phi) is 3.65. The molecule has 0 radical (unpaired) electrons. The molecular formula is C10H10BrClN4O4. The monoisotopic (exact) mass is 364 g/mol. The first-order valence-corrected chi connectivity index (χ1v) is 6.97. The van der Waals surface area contributed by atoms with E-state index in [0.717, 1.165) is 0 Å². The van der Waals surface area contributed by atoms with Crippen molar-refractivity contribution in [3.05, 3.63) is 17.8 Å². The fraction of sp³-hybridized carbons (Fsp3) is 0.500. The van der Waals surface area contributed by atoms with Crippen molar-refractivity contribution in [3.63, 3.8) is 0 Å². The minimum Gasteiger partial charge on any atom is -0.387 e. The molecule has 1 aliphatic rings. The summed E-state index contributed by atoms with van der Waals surface area (Å²) in [5.41, 5.74) is 0.730. The van der Waals surface area contributed by atoms with E-state index in [-0.39, 0.29) is 5.15 Å². The van der Waals surface area contributed by atoms with E-state index >= 15 is 0 Å². The first-order chi connectivity index (χ1) is 9.50. The van der Waals surface area contributed by atoms with Gasteiger partial charge in [0.15, 0.2) is 17.0 Å². The predicted octanol–water partition coefficient (Wildman–Crippen LogP) is -0.188. The summed E-state index contributed by atoms with van der Waals surface area (Å²) in [7, 11) is 0. The standard InChI is InChI=1S/C10H10BrClN4O4/c11-7(19)6-4(17)5(18)10(20-6)16-2-15-3-8(12)13-1-14-9(3)16/h1-2,4-7,10,17-19H/t4-,5+,6-,7?,10+/m0/s1. The number of ether oxygens (including phenoxy) is 1. The molecule has 3 heterocycles. The first-order valence-electron chi connectivity index (χ1n) is 5.67. The zero-order chi connectivity index (χ0) is 14.4. The number of aromatic nitrogens is 4. The lowest BCUT2D eigenvalue weighted by molar-refractivity contribution is -0.0578. The second-order valence-corrected chi connectivity index (χ2v) is 5.63. The van der Waals surface area contributed by atoms with Crippen LogP contribution in [0.5, 0.6) is 0 Å². The van der Waals surface area contributed by atoms with Crippen LogP contribution in [0.4, 0.5) is 0 Å². The number of fused-ring (bicyclic) bond motifs is 1. The molecule has 0 aromatic carbocycles. The molecule has 0 bridgehead atoms. The second-order valence-electron chi connectivity index (χ2n) is 4.33. The Labute approximate surface area is 126 Å². The Balaban J connectivity index is 2.02. The van der Waals surface area contributed by atoms with Crippen molar-refractivity contribution in [2.45, 2.75) is 29.6 Å². The maximum atomic E-state index is 10.0. The van der Waals surface area contributed by atoms with E-state index in [9.17, 15) is 15.3 Å². The number of alkyl halides is 1. The van der Waals surface area contributed by atoms with Gasteiger partial charge in [0, 0.05) is 0 Å². The van der Waals surface area contributed by atoms with Gasteiger partial charge < -0.3 is 20.1 Å². The first kappa shape index (κ1) is 14.1. The Bertz CT molecular complexity index is 639. The zero-order valence-electron chi connectivity index (χ0n) is 9.84. The van der Waals surface area contributed by atoms with Crippen molar-refractivity contribution in [2.24, 2.45) is 0 Å². The molecule has 8 nitrogen and oxygen atoms in total. The summed E-state index contributed by atoms with van der Waals surface area (Å²) >= 11 is 8.80. The second kappa shape index (κ2) is 5.17. The molecule has 1 saturated heterocycles. The number of aliphatic hydroxyl groups excluding tert-OH is 3. The molecule has 0 amide bonds. The number of imidazole rings is 1. The van der Waals surface area contributed by atoms with Gasteiger partial charge in [0.2, 0.25) is 0 Å². The third kappa shape index (κ3) is 2.10. The van der Waals surface area contributed by atoms with E-state index in [2.05, 4.69) is 30.9 Å². The van der Waals surface area contributed by atoms with Gasteiger partial charge in [-0.1, -0.05) is 27.5 Å². The van der Waals surface area contributed by atoms with Crippen LogP contribution in [-0.2, 0) is 4.74 Å². The van der Waals surface area contributed by atoms with Crippen LogP contribution in [0.1, 0.15) is 6.23 Å². The third-order valence-electron chi connectivity index (χ3n) is 3.13. The molecule has 20 heavy (non-hydrogen) atoms. The normalized spacial score (nSPS) is 31.9. The highest BCUT2D eigenvalue weighted by atomic mass is 79.9. The lowest BCUT2D eigenvalue weighted by atomic mass is 10.1. The van der Waals surface area contributed by atoms with Crippen molar-refractivity contribution in [2.75, 3.05) is 0 Å². The molecule has 0 spiro atoms. The van der Waals surface area contributed by atoms with Crippen LogP contribution in [-0.4, -0.2) is 58.2 Å². The van der Waals surface area contributed by atoms with E-state index < -0.39 is 29.6 Å². The van der Waals surface area contributed by atoms with Crippen molar-refractivity contribution in [1.29, 1.82) is 0 Å². The largest absolute Gasteiger partial charge is 0.387 e. The lowest BCUT2D eigenvalue weighted by Crippen LogP contribution is -2.36. The van der Waals surface area contributed by atoms with Crippen LogP contribution in [0, 0.1) is 0 Å². The summed E-state index contributed by atoms with van der Waals surface area (Å²) in [6.45, 7) is 0. The van der Waals surface area contributed by atoms with Crippen LogP contribution < -0.4 is 0 Å². The van der Waals surface area contributed by atoms with E-state index in [4.69, 9.17) is 16.3 Å². The fourth-order valence-corrected chi connectivity index (χ4v) is 2.77. The highest BCUT2D eigenvalue weighted by Crippen LogP contribution is 2.34. The number of aliphatic hydroxyl groups is 3. The molecule has 2 aromatic rings. The average molecular weight is 366 g/mol. The molecule has 0 aliphatic carbocycles. The van der Waals surface area contributed by atoms with Crippen molar-refractivity contribution < 1.29 is 20.1 Å². The smallest absolute Gasteiger partial charge is 0.167 e. The van der Waals surface area contributed by atoms with Gasteiger partial charge in [-0.3, -0.25) is 4.57 Å². The molecule has 1 aliphatic heterocycles. The Morgan fingerprint density at radius 1 is 1.30 bits per heavy atom. The van der Waals surface area contributed by atoms with E-state index in [0.29, 0.717) is 11.2 Å². The Morgan fingerprint density at radius 3 is 2.70 bits per heavy atom. The molecule has 2 aromatic heterocycles. The summed E-state index contributed by atoms with van der Waals surface area (Å²) in [6, 6.07) is 0. The third-order valence-corrected chi connectivity index (χ3v) is 3.93. The highest BCUT2D eigenvalue weighted by Gasteiger charge is 2.46. The molecule has 108 valence electrons. The molecule has 5 atom stereocenters. The number of rotatable bonds is 2. The van der Waals surface area contributed by atoms with E-state index in [1.165, 1.54) is 17.2 Å². The predicted molar refractivity (Wildman–Crippen MR) is 71.2 cm³/mol. The molecule has 1 unspecified atom stereocenters. The average Bonchev–Trinajstić information content (AvgIpc) is 2.94. The minimum atomic E-state index is -1.25. The zero-order valence-corrected chi connectivity index (χ0v) is 12.2. The Morgan fingerprint density at radius 2 is 2.05 bits per heavy atom. The van der Waals surface area contributed by atoms with Crippen LogP contribution in [0.15, 0.2) is 12.7 Å². The molecule has 10 heteroatoms. The molecule has 0 saturated carbocycles. The number of hydrogen-bond acceptors (Lipinski definition) is 7. The van der Waals surface area contributed by atoms with Gasteiger partial charge in [0.1, 0.15) is 35.2 Å². The fourth-order valence-electron chi connectivity index (χ4n) is 2.15. The summed E-state index contributed by atoms with van der Waals surface area (Å²) in [4.78, 5) is 11.9. The molecule has 3 N–H and O–H groups in total. The molecule has 3 rings (SSSR count). The summed E-state index contributed by atoms with van der Waals surface area (Å²) < 4.78 is 6.90. The van der Waals surface area contributed by atoms with Gasteiger partial charge in [-0.05, 0) is 0 Å². The maximum absolute atomic E-state index is 10.0. The van der Waals surface area contributed by atoms with E-state index in [1.807, 2.05) is 0 Å².